The van der Waals surface area contributed by atoms with E-state index in [2.05, 4.69) is 65.6 Å². The molecule has 0 aliphatic heterocycles. The van der Waals surface area contributed by atoms with Crippen LogP contribution in [0.3, 0.4) is 0 Å². The quantitative estimate of drug-likeness (QED) is 0.217. The van der Waals surface area contributed by atoms with Crippen molar-refractivity contribution in [2.45, 2.75) is 0 Å². The maximum atomic E-state index is 6.33. The van der Waals surface area contributed by atoms with Gasteiger partial charge in [0.15, 0.2) is 17.5 Å². The van der Waals surface area contributed by atoms with Crippen molar-refractivity contribution in [3.8, 4) is 34.2 Å². The lowest BCUT2D eigenvalue weighted by Crippen LogP contribution is -2.00. The number of pyridine rings is 1. The molecule has 4 heterocycles. The third kappa shape index (κ3) is 3.62. The average molecular weight is 557 g/mol. The molecule has 5 aromatic carbocycles. The maximum Gasteiger partial charge on any atom is 0.164 e. The van der Waals surface area contributed by atoms with Gasteiger partial charge in [-0.25, -0.2) is 15.0 Å². The summed E-state index contributed by atoms with van der Waals surface area (Å²) in [6.45, 7) is 0. The monoisotopic (exact) mass is 556 g/mol. The Morgan fingerprint density at radius 3 is 2.26 bits per heavy atom. The van der Waals surface area contributed by atoms with Crippen LogP contribution in [-0.2, 0) is 0 Å². The molecule has 5 nitrogen and oxygen atoms in total. The van der Waals surface area contributed by atoms with Gasteiger partial charge in [-0.1, -0.05) is 72.8 Å². The van der Waals surface area contributed by atoms with E-state index >= 15 is 0 Å². The summed E-state index contributed by atoms with van der Waals surface area (Å²) in [5, 5.41) is 6.67. The Bertz CT molecular complexity index is 2480. The van der Waals surface area contributed by atoms with E-state index in [1.807, 2.05) is 60.9 Å². The van der Waals surface area contributed by atoms with Gasteiger partial charge in [0.1, 0.15) is 11.2 Å². The van der Waals surface area contributed by atoms with Gasteiger partial charge in [-0.3, -0.25) is 4.98 Å². The standard InChI is InChI=1S/C36H20N4OS/c1-2-7-21(8-3-1)34-38-35(23-13-14-26-25-9-4-5-12-31(25)42-32(26)19-23)40-36(39-34)27-10-6-11-29-33(27)28-17-22-15-16-37-20-24(22)18-30(28)41-29/h1-20H. The Kier molecular flexibility index (Phi) is 5.00. The summed E-state index contributed by atoms with van der Waals surface area (Å²) >= 11 is 1.79. The third-order valence-corrected chi connectivity index (χ3v) is 8.93. The van der Waals surface area contributed by atoms with E-state index in [0.29, 0.717) is 17.5 Å². The highest BCUT2D eigenvalue weighted by molar-refractivity contribution is 7.25. The Hall–Kier alpha value is -5.46. The number of rotatable bonds is 3. The molecule has 4 aromatic heterocycles. The average Bonchev–Trinajstić information content (AvgIpc) is 3.61. The first-order valence-corrected chi connectivity index (χ1v) is 14.5. The topological polar surface area (TPSA) is 64.7 Å². The predicted octanol–water partition coefficient (Wildman–Crippen LogP) is 9.69. The van der Waals surface area contributed by atoms with E-state index in [1.165, 1.54) is 20.2 Å². The molecule has 42 heavy (non-hydrogen) atoms. The van der Waals surface area contributed by atoms with Gasteiger partial charge in [-0.15, -0.1) is 11.3 Å². The zero-order valence-corrected chi connectivity index (χ0v) is 23.0. The van der Waals surface area contributed by atoms with E-state index in [1.54, 1.807) is 11.3 Å². The van der Waals surface area contributed by atoms with Crippen LogP contribution < -0.4 is 0 Å². The molecule has 0 fully saturated rings. The Morgan fingerprint density at radius 2 is 1.33 bits per heavy atom. The van der Waals surface area contributed by atoms with Crippen LogP contribution in [0.1, 0.15) is 0 Å². The summed E-state index contributed by atoms with van der Waals surface area (Å²) in [4.78, 5) is 19.4. The van der Waals surface area contributed by atoms with Gasteiger partial charge < -0.3 is 4.42 Å². The van der Waals surface area contributed by atoms with Gasteiger partial charge in [-0.2, -0.15) is 0 Å². The molecule has 0 atom stereocenters. The van der Waals surface area contributed by atoms with Crippen LogP contribution in [0.4, 0.5) is 0 Å². The van der Waals surface area contributed by atoms with Crippen molar-refractivity contribution in [3.63, 3.8) is 0 Å². The van der Waals surface area contributed by atoms with Crippen molar-refractivity contribution in [1.29, 1.82) is 0 Å². The molecular formula is C36H20N4OS. The van der Waals surface area contributed by atoms with Crippen molar-refractivity contribution in [3.05, 3.63) is 122 Å². The smallest absolute Gasteiger partial charge is 0.164 e. The molecule has 0 aliphatic rings. The SMILES string of the molecule is c1ccc(-c2nc(-c3ccc4c(c3)sc3ccccc34)nc(-c3cccc4oc5cc6cnccc6cc5c34)n2)cc1. The largest absolute Gasteiger partial charge is 0.456 e. The van der Waals surface area contributed by atoms with Crippen LogP contribution in [0.25, 0.3) is 87.0 Å². The molecule has 6 heteroatoms. The summed E-state index contributed by atoms with van der Waals surface area (Å²) in [6, 6.07) is 37.4. The maximum absolute atomic E-state index is 6.33. The van der Waals surface area contributed by atoms with Crippen LogP contribution in [-0.4, -0.2) is 19.9 Å². The molecule has 0 amide bonds. The molecule has 0 radical (unpaired) electrons. The lowest BCUT2D eigenvalue weighted by molar-refractivity contribution is 0.669. The molecule has 0 spiro atoms. The van der Waals surface area contributed by atoms with Crippen LogP contribution in [0.2, 0.25) is 0 Å². The van der Waals surface area contributed by atoms with Gasteiger partial charge in [-0.05, 0) is 41.8 Å². The summed E-state index contributed by atoms with van der Waals surface area (Å²) in [7, 11) is 0. The fourth-order valence-corrected chi connectivity index (χ4v) is 6.95. The lowest BCUT2D eigenvalue weighted by Gasteiger charge is -2.09. The minimum atomic E-state index is 0.610. The molecule has 0 N–H and O–H groups in total. The normalized spacial score (nSPS) is 11.8. The number of nitrogens with zero attached hydrogens (tertiary/aromatic N) is 4. The van der Waals surface area contributed by atoms with Crippen molar-refractivity contribution in [2.75, 3.05) is 0 Å². The Morgan fingerprint density at radius 1 is 0.524 bits per heavy atom. The number of furan rings is 1. The molecule has 0 aliphatic carbocycles. The zero-order valence-electron chi connectivity index (χ0n) is 22.2. The van der Waals surface area contributed by atoms with E-state index in [9.17, 15) is 0 Å². The molecule has 0 saturated carbocycles. The highest BCUT2D eigenvalue weighted by Gasteiger charge is 2.18. The van der Waals surface area contributed by atoms with Crippen LogP contribution in [0.5, 0.6) is 0 Å². The first kappa shape index (κ1) is 23.3. The molecule has 9 rings (SSSR count). The molecule has 9 aromatic rings. The second-order valence-electron chi connectivity index (χ2n) is 10.3. The molecular weight excluding hydrogens is 536 g/mol. The van der Waals surface area contributed by atoms with Crippen molar-refractivity contribution >= 4 is 64.2 Å². The number of thiophene rings is 1. The minimum Gasteiger partial charge on any atom is -0.456 e. The van der Waals surface area contributed by atoms with Crippen LogP contribution in [0, 0.1) is 0 Å². The fourth-order valence-electron chi connectivity index (χ4n) is 5.80. The van der Waals surface area contributed by atoms with Crippen molar-refractivity contribution in [2.24, 2.45) is 0 Å². The zero-order chi connectivity index (χ0) is 27.6. The van der Waals surface area contributed by atoms with Crippen LogP contribution in [0.15, 0.2) is 126 Å². The number of benzene rings is 5. The second-order valence-corrected chi connectivity index (χ2v) is 11.4. The predicted molar refractivity (Wildman–Crippen MR) is 172 cm³/mol. The number of hydrogen-bond acceptors (Lipinski definition) is 6. The molecule has 0 saturated heterocycles. The number of fused-ring (bicyclic) bond motifs is 7. The van der Waals surface area contributed by atoms with Gasteiger partial charge >= 0.3 is 0 Å². The van der Waals surface area contributed by atoms with Crippen LogP contribution >= 0.6 is 11.3 Å². The highest BCUT2D eigenvalue weighted by Crippen LogP contribution is 2.39. The van der Waals surface area contributed by atoms with E-state index in [4.69, 9.17) is 19.4 Å². The van der Waals surface area contributed by atoms with Gasteiger partial charge in [0.25, 0.3) is 0 Å². The van der Waals surface area contributed by atoms with E-state index in [-0.39, 0.29) is 0 Å². The minimum absolute atomic E-state index is 0.610. The summed E-state index contributed by atoms with van der Waals surface area (Å²) in [5.74, 6) is 1.88. The second kappa shape index (κ2) is 9.03. The number of aromatic nitrogens is 4. The molecule has 0 bridgehead atoms. The van der Waals surface area contributed by atoms with Crippen molar-refractivity contribution in [1.82, 2.24) is 19.9 Å². The van der Waals surface area contributed by atoms with E-state index < -0.39 is 0 Å². The highest BCUT2D eigenvalue weighted by atomic mass is 32.1. The first-order valence-electron chi connectivity index (χ1n) is 13.7. The third-order valence-electron chi connectivity index (χ3n) is 7.80. The van der Waals surface area contributed by atoms with Gasteiger partial charge in [0.05, 0.1) is 0 Å². The summed E-state index contributed by atoms with van der Waals surface area (Å²) < 4.78 is 8.81. The van der Waals surface area contributed by atoms with Crippen molar-refractivity contribution < 1.29 is 4.42 Å². The van der Waals surface area contributed by atoms with Gasteiger partial charge in [0.2, 0.25) is 0 Å². The summed E-state index contributed by atoms with van der Waals surface area (Å²) in [6.07, 6.45) is 3.68. The fraction of sp³-hybridized carbons (Fsp3) is 0. The molecule has 0 unspecified atom stereocenters. The molecule has 196 valence electrons. The number of hydrogen-bond donors (Lipinski definition) is 0. The Balaban J connectivity index is 1.30. The van der Waals surface area contributed by atoms with Gasteiger partial charge in [0, 0.05) is 65.4 Å². The summed E-state index contributed by atoms with van der Waals surface area (Å²) in [5.41, 5.74) is 4.40. The first-order chi connectivity index (χ1) is 20.8. The Labute approximate surface area is 243 Å². The lowest BCUT2D eigenvalue weighted by atomic mass is 10.0. The van der Waals surface area contributed by atoms with E-state index in [0.717, 1.165) is 49.4 Å².